The van der Waals surface area contributed by atoms with Crippen molar-refractivity contribution in [2.24, 2.45) is 0 Å². The summed E-state index contributed by atoms with van der Waals surface area (Å²) in [5.74, 6) is 0.927. The molecule has 0 saturated carbocycles. The fourth-order valence-corrected chi connectivity index (χ4v) is 1.29. The van der Waals surface area contributed by atoms with Gasteiger partial charge in [0, 0.05) is 6.42 Å². The minimum absolute atomic E-state index is 0.185. The van der Waals surface area contributed by atoms with E-state index in [-0.39, 0.29) is 6.04 Å². The van der Waals surface area contributed by atoms with Gasteiger partial charge in [-0.2, -0.15) is 0 Å². The predicted octanol–water partition coefficient (Wildman–Crippen LogP) is 1.80. The third-order valence-corrected chi connectivity index (χ3v) is 2.11. The Hall–Kier alpha value is -0.930. The topological polar surface area (TPSA) is 43.6 Å². The second kappa shape index (κ2) is 4.94. The average molecular weight is 181 g/mol. The first kappa shape index (κ1) is 10.2. The lowest BCUT2D eigenvalue weighted by Crippen LogP contribution is -2.11. The second-order valence-electron chi connectivity index (χ2n) is 3.19. The van der Waals surface area contributed by atoms with Crippen LogP contribution in [0.3, 0.4) is 0 Å². The molecule has 0 aliphatic rings. The molecule has 73 valence electrons. The highest BCUT2D eigenvalue weighted by Gasteiger charge is 2.10. The Morgan fingerprint density at radius 1 is 1.46 bits per heavy atom. The molecular weight excluding hydrogens is 164 g/mol. The first-order valence-electron chi connectivity index (χ1n) is 4.89. The van der Waals surface area contributed by atoms with E-state index in [1.54, 1.807) is 0 Å². The molecule has 13 heavy (non-hydrogen) atoms. The molecule has 4 nitrogen and oxygen atoms in total. The van der Waals surface area contributed by atoms with Crippen LogP contribution in [0.2, 0.25) is 0 Å². The van der Waals surface area contributed by atoms with E-state index in [1.165, 1.54) is 12.8 Å². The van der Waals surface area contributed by atoms with Gasteiger partial charge >= 0.3 is 0 Å². The summed E-state index contributed by atoms with van der Waals surface area (Å²) in [6, 6.07) is 0.185. The van der Waals surface area contributed by atoms with Gasteiger partial charge in [0.15, 0.2) is 5.82 Å². The second-order valence-corrected chi connectivity index (χ2v) is 3.19. The smallest absolute Gasteiger partial charge is 0.151 e. The summed E-state index contributed by atoms with van der Waals surface area (Å²) in [6.45, 7) is 8.27. The third-order valence-electron chi connectivity index (χ3n) is 2.11. The molecule has 1 aromatic heterocycles. The van der Waals surface area contributed by atoms with Crippen LogP contribution >= 0.6 is 0 Å². The van der Waals surface area contributed by atoms with Crippen LogP contribution in [0.4, 0.5) is 0 Å². The maximum atomic E-state index is 4.05. The number of nitrogens with zero attached hydrogens (tertiary/aromatic N) is 4. The van der Waals surface area contributed by atoms with E-state index >= 15 is 0 Å². The molecule has 0 saturated heterocycles. The van der Waals surface area contributed by atoms with Crippen molar-refractivity contribution in [1.82, 2.24) is 20.2 Å². The van der Waals surface area contributed by atoms with Gasteiger partial charge in [-0.05, 0) is 23.8 Å². The SMILES string of the molecule is [CH2]C(CCCC)n1nnnc1CC. The molecule has 0 N–H and O–H groups in total. The molecule has 4 heteroatoms. The van der Waals surface area contributed by atoms with E-state index in [2.05, 4.69) is 36.3 Å². The van der Waals surface area contributed by atoms with Gasteiger partial charge in [-0.15, -0.1) is 5.10 Å². The van der Waals surface area contributed by atoms with E-state index < -0.39 is 0 Å². The maximum absolute atomic E-state index is 4.05. The molecule has 0 aliphatic carbocycles. The van der Waals surface area contributed by atoms with Crippen molar-refractivity contribution in [2.45, 2.75) is 45.6 Å². The van der Waals surface area contributed by atoms with Gasteiger partial charge in [0.2, 0.25) is 0 Å². The van der Waals surface area contributed by atoms with E-state index in [4.69, 9.17) is 0 Å². The number of hydrogen-bond donors (Lipinski definition) is 0. The highest BCUT2D eigenvalue weighted by Crippen LogP contribution is 2.13. The summed E-state index contributed by atoms with van der Waals surface area (Å²) in [4.78, 5) is 0. The van der Waals surface area contributed by atoms with Crippen LogP contribution in [0.25, 0.3) is 0 Å². The van der Waals surface area contributed by atoms with Crippen molar-refractivity contribution in [3.8, 4) is 0 Å². The average Bonchev–Trinajstić information content (AvgIpc) is 2.61. The Morgan fingerprint density at radius 3 is 2.85 bits per heavy atom. The Balaban J connectivity index is 2.59. The Morgan fingerprint density at radius 2 is 2.23 bits per heavy atom. The zero-order chi connectivity index (χ0) is 9.68. The van der Waals surface area contributed by atoms with Crippen LogP contribution in [0.1, 0.15) is 45.0 Å². The summed E-state index contributed by atoms with van der Waals surface area (Å²) >= 11 is 0. The standard InChI is InChI=1S/C9H17N4/c1-4-6-7-8(3)13-9(5-2)10-11-12-13/h8H,3-7H2,1-2H3. The number of aromatic nitrogens is 4. The highest BCUT2D eigenvalue weighted by atomic mass is 15.5. The molecule has 1 atom stereocenters. The first-order valence-corrected chi connectivity index (χ1v) is 4.89. The van der Waals surface area contributed by atoms with Gasteiger partial charge in [-0.25, -0.2) is 4.68 Å². The third kappa shape index (κ3) is 2.50. The van der Waals surface area contributed by atoms with Crippen LogP contribution in [0, 0.1) is 6.92 Å². The number of aryl methyl sites for hydroxylation is 1. The zero-order valence-electron chi connectivity index (χ0n) is 8.40. The van der Waals surface area contributed by atoms with Crippen LogP contribution in [-0.4, -0.2) is 20.2 Å². The molecule has 1 heterocycles. The molecule has 1 unspecified atom stereocenters. The lowest BCUT2D eigenvalue weighted by atomic mass is 10.1. The number of rotatable bonds is 5. The maximum Gasteiger partial charge on any atom is 0.151 e. The van der Waals surface area contributed by atoms with Gasteiger partial charge < -0.3 is 0 Å². The van der Waals surface area contributed by atoms with Crippen LogP contribution in [0.15, 0.2) is 0 Å². The molecule has 0 bridgehead atoms. The molecule has 0 aliphatic heterocycles. The van der Waals surface area contributed by atoms with Crippen molar-refractivity contribution >= 4 is 0 Å². The van der Waals surface area contributed by atoms with Gasteiger partial charge in [0.05, 0.1) is 6.04 Å². The van der Waals surface area contributed by atoms with Crippen LogP contribution in [0.5, 0.6) is 0 Å². The monoisotopic (exact) mass is 181 g/mol. The molecular formula is C9H17N4. The van der Waals surface area contributed by atoms with E-state index in [0.29, 0.717) is 0 Å². The number of hydrogen-bond acceptors (Lipinski definition) is 3. The van der Waals surface area contributed by atoms with Gasteiger partial charge in [0.25, 0.3) is 0 Å². The Labute approximate surface area is 79.3 Å². The Bertz CT molecular complexity index is 244. The lowest BCUT2D eigenvalue weighted by molar-refractivity contribution is 0.456. The molecule has 0 amide bonds. The van der Waals surface area contributed by atoms with Crippen molar-refractivity contribution in [3.05, 3.63) is 12.7 Å². The van der Waals surface area contributed by atoms with Crippen molar-refractivity contribution < 1.29 is 0 Å². The zero-order valence-corrected chi connectivity index (χ0v) is 8.40. The fourth-order valence-electron chi connectivity index (χ4n) is 1.29. The number of tetrazole rings is 1. The van der Waals surface area contributed by atoms with Crippen LogP contribution in [-0.2, 0) is 6.42 Å². The predicted molar refractivity (Wildman–Crippen MR) is 51.1 cm³/mol. The quantitative estimate of drug-likeness (QED) is 0.695. The van der Waals surface area contributed by atoms with E-state index in [0.717, 1.165) is 18.7 Å². The fraction of sp³-hybridized carbons (Fsp3) is 0.778. The summed E-state index contributed by atoms with van der Waals surface area (Å²) in [5, 5.41) is 11.5. The largest absolute Gasteiger partial charge is 0.227 e. The Kier molecular flexibility index (Phi) is 3.86. The lowest BCUT2D eigenvalue weighted by Gasteiger charge is -2.11. The molecule has 1 radical (unpaired) electrons. The van der Waals surface area contributed by atoms with Crippen molar-refractivity contribution in [3.63, 3.8) is 0 Å². The molecule has 0 spiro atoms. The molecule has 0 aromatic carbocycles. The van der Waals surface area contributed by atoms with Gasteiger partial charge in [-0.1, -0.05) is 26.7 Å². The van der Waals surface area contributed by atoms with E-state index in [9.17, 15) is 0 Å². The van der Waals surface area contributed by atoms with Crippen molar-refractivity contribution in [1.29, 1.82) is 0 Å². The summed E-state index contributed by atoms with van der Waals surface area (Å²) < 4.78 is 1.83. The normalized spacial score (nSPS) is 13.2. The minimum Gasteiger partial charge on any atom is -0.227 e. The number of unbranched alkanes of at least 4 members (excludes halogenated alkanes) is 1. The van der Waals surface area contributed by atoms with Gasteiger partial charge in [0.1, 0.15) is 0 Å². The summed E-state index contributed by atoms with van der Waals surface area (Å²) in [6.07, 6.45) is 4.28. The van der Waals surface area contributed by atoms with E-state index in [1.807, 2.05) is 4.68 Å². The van der Waals surface area contributed by atoms with Crippen molar-refractivity contribution in [2.75, 3.05) is 0 Å². The van der Waals surface area contributed by atoms with Crippen LogP contribution < -0.4 is 0 Å². The summed E-state index contributed by atoms with van der Waals surface area (Å²) in [7, 11) is 0. The molecule has 0 fully saturated rings. The molecule has 1 rings (SSSR count). The van der Waals surface area contributed by atoms with Gasteiger partial charge in [-0.3, -0.25) is 0 Å². The minimum atomic E-state index is 0.185. The summed E-state index contributed by atoms with van der Waals surface area (Å²) in [5.41, 5.74) is 0. The molecule has 1 aromatic rings. The first-order chi connectivity index (χ1) is 6.29. The highest BCUT2D eigenvalue weighted by molar-refractivity contribution is 4.84.